The molecule has 0 radical (unpaired) electrons. The van der Waals surface area contributed by atoms with Crippen molar-refractivity contribution in [1.82, 2.24) is 19.1 Å². The smallest absolute Gasteiger partial charge is 0.329 e. The van der Waals surface area contributed by atoms with Gasteiger partial charge in [0.25, 0.3) is 5.56 Å². The number of rotatable bonds is 9. The van der Waals surface area contributed by atoms with Gasteiger partial charge in [-0.2, -0.15) is 10.1 Å². The maximum absolute atomic E-state index is 12.7. The number of benzene rings is 3. The van der Waals surface area contributed by atoms with E-state index in [0.717, 1.165) is 22.4 Å². The number of aromatic nitrogens is 4. The number of aryl methyl sites for hydroxylation is 3. The summed E-state index contributed by atoms with van der Waals surface area (Å²) in [6, 6.07) is 27.5. The molecule has 0 amide bonds. The van der Waals surface area contributed by atoms with Crippen molar-refractivity contribution >= 4 is 23.3 Å². The predicted octanol–water partition coefficient (Wildman–Crippen LogP) is 3.69. The van der Waals surface area contributed by atoms with Gasteiger partial charge in [0, 0.05) is 13.6 Å². The van der Waals surface area contributed by atoms with Gasteiger partial charge in [-0.15, -0.1) is 0 Å². The highest BCUT2D eigenvalue weighted by Crippen LogP contribution is 2.17. The van der Waals surface area contributed by atoms with E-state index < -0.39 is 11.2 Å². The third kappa shape index (κ3) is 5.51. The minimum Gasteiger partial charge on any atom is -0.489 e. The number of aromatic amines is 1. The first-order chi connectivity index (χ1) is 18.1. The molecule has 0 saturated heterocycles. The normalized spacial score (nSPS) is 11.3. The maximum atomic E-state index is 12.7. The summed E-state index contributed by atoms with van der Waals surface area (Å²) in [6.45, 7) is 0.976. The molecule has 0 saturated carbocycles. The first-order valence-corrected chi connectivity index (χ1v) is 11.9. The van der Waals surface area contributed by atoms with E-state index in [1.807, 2.05) is 84.9 Å². The number of imidazole rings is 1. The van der Waals surface area contributed by atoms with E-state index in [1.165, 1.54) is 4.57 Å². The summed E-state index contributed by atoms with van der Waals surface area (Å²) in [7, 11) is 1.57. The predicted molar refractivity (Wildman–Crippen MR) is 144 cm³/mol. The van der Waals surface area contributed by atoms with E-state index in [2.05, 4.69) is 20.5 Å². The largest absolute Gasteiger partial charge is 0.489 e. The first kappa shape index (κ1) is 23.8. The van der Waals surface area contributed by atoms with Crippen LogP contribution in [-0.4, -0.2) is 25.3 Å². The monoisotopic (exact) mass is 494 g/mol. The van der Waals surface area contributed by atoms with E-state index in [-0.39, 0.29) is 0 Å². The van der Waals surface area contributed by atoms with Crippen molar-refractivity contribution in [3.05, 3.63) is 122 Å². The minimum absolute atomic E-state index is 0.291. The fraction of sp³-hybridized carbons (Fsp3) is 0.143. The van der Waals surface area contributed by atoms with E-state index in [4.69, 9.17) is 4.74 Å². The highest BCUT2D eigenvalue weighted by molar-refractivity contribution is 5.80. The molecule has 0 bridgehead atoms. The van der Waals surface area contributed by atoms with Crippen molar-refractivity contribution < 1.29 is 4.74 Å². The van der Waals surface area contributed by atoms with Crippen molar-refractivity contribution in [2.45, 2.75) is 19.6 Å². The van der Waals surface area contributed by atoms with Crippen molar-refractivity contribution in [1.29, 1.82) is 0 Å². The molecule has 0 aliphatic carbocycles. The third-order valence-corrected chi connectivity index (χ3v) is 5.98. The van der Waals surface area contributed by atoms with Gasteiger partial charge in [0.05, 0.1) is 6.21 Å². The van der Waals surface area contributed by atoms with E-state index in [1.54, 1.807) is 17.8 Å². The molecule has 9 nitrogen and oxygen atoms in total. The van der Waals surface area contributed by atoms with Crippen LogP contribution in [0.25, 0.3) is 11.2 Å². The van der Waals surface area contributed by atoms with Crippen LogP contribution in [0.4, 0.5) is 5.95 Å². The van der Waals surface area contributed by atoms with Crippen LogP contribution in [0, 0.1) is 0 Å². The summed E-state index contributed by atoms with van der Waals surface area (Å²) in [6.07, 6.45) is 2.34. The number of hydrogen-bond acceptors (Lipinski definition) is 6. The molecule has 0 aliphatic rings. The summed E-state index contributed by atoms with van der Waals surface area (Å²) < 4.78 is 8.90. The lowest BCUT2D eigenvalue weighted by Gasteiger charge is -2.08. The van der Waals surface area contributed by atoms with Crippen molar-refractivity contribution in [2.24, 2.45) is 12.1 Å². The van der Waals surface area contributed by atoms with Gasteiger partial charge >= 0.3 is 5.69 Å². The lowest BCUT2D eigenvalue weighted by Crippen LogP contribution is -2.29. The molecular formula is C28H26N6O3. The third-order valence-electron chi connectivity index (χ3n) is 5.98. The highest BCUT2D eigenvalue weighted by atomic mass is 16.5. The summed E-state index contributed by atoms with van der Waals surface area (Å²) in [5.74, 6) is 1.13. The van der Waals surface area contributed by atoms with Gasteiger partial charge in [-0.05, 0) is 47.4 Å². The Bertz CT molecular complexity index is 1640. The molecule has 3 aromatic carbocycles. The zero-order valence-electron chi connectivity index (χ0n) is 20.3. The molecule has 5 rings (SSSR count). The summed E-state index contributed by atoms with van der Waals surface area (Å²) >= 11 is 0. The van der Waals surface area contributed by atoms with Crippen LogP contribution >= 0.6 is 0 Å². The van der Waals surface area contributed by atoms with Crippen LogP contribution < -0.4 is 21.4 Å². The molecule has 2 aromatic heterocycles. The Kier molecular flexibility index (Phi) is 6.93. The lowest BCUT2D eigenvalue weighted by molar-refractivity contribution is 0.306. The summed E-state index contributed by atoms with van der Waals surface area (Å²) in [4.78, 5) is 31.6. The van der Waals surface area contributed by atoms with Gasteiger partial charge < -0.3 is 9.30 Å². The first-order valence-electron chi connectivity index (χ1n) is 11.9. The minimum atomic E-state index is -0.519. The summed E-state index contributed by atoms with van der Waals surface area (Å²) in [5, 5.41) is 4.33. The fourth-order valence-corrected chi connectivity index (χ4v) is 3.98. The molecule has 0 unspecified atom stereocenters. The van der Waals surface area contributed by atoms with Crippen LogP contribution in [0.2, 0.25) is 0 Å². The highest BCUT2D eigenvalue weighted by Gasteiger charge is 2.17. The Morgan fingerprint density at radius 2 is 1.62 bits per heavy atom. The Morgan fingerprint density at radius 1 is 0.946 bits per heavy atom. The Balaban J connectivity index is 1.33. The van der Waals surface area contributed by atoms with Gasteiger partial charge in [-0.3, -0.25) is 14.3 Å². The van der Waals surface area contributed by atoms with Crippen molar-refractivity contribution in [3.8, 4) is 5.75 Å². The second kappa shape index (κ2) is 10.8. The van der Waals surface area contributed by atoms with Gasteiger partial charge in [-0.1, -0.05) is 60.7 Å². The molecule has 0 aliphatic heterocycles. The zero-order valence-corrected chi connectivity index (χ0v) is 20.3. The second-order valence-electron chi connectivity index (χ2n) is 8.53. The second-order valence-corrected chi connectivity index (χ2v) is 8.53. The van der Waals surface area contributed by atoms with E-state index in [9.17, 15) is 9.59 Å². The van der Waals surface area contributed by atoms with E-state index >= 15 is 0 Å². The Morgan fingerprint density at radius 3 is 2.32 bits per heavy atom. The SMILES string of the molecule is Cn1c(=O)[nH]c(=O)c2c1nc(N/N=C/c1ccc(OCc3ccccc3)cc1)n2CCc1ccccc1. The molecule has 2 N–H and O–H groups in total. The molecule has 186 valence electrons. The standard InChI is InChI=1S/C28H26N6O3/c1-33-25-24(26(35)31-28(33)36)34(17-16-20-8-4-2-5-9-20)27(30-25)32-29-18-21-12-14-23(15-13-21)37-19-22-10-6-3-7-11-22/h2-15,18H,16-17,19H2,1H3,(H,30,32)(H,31,35,36)/b29-18+. The number of fused-ring (bicyclic) bond motifs is 1. The maximum Gasteiger partial charge on any atom is 0.329 e. The van der Waals surface area contributed by atoms with Gasteiger partial charge in [-0.25, -0.2) is 10.2 Å². The molecular weight excluding hydrogens is 468 g/mol. The molecule has 5 aromatic rings. The molecule has 2 heterocycles. The number of hydrogen-bond donors (Lipinski definition) is 2. The van der Waals surface area contributed by atoms with Gasteiger partial charge in [0.15, 0.2) is 11.2 Å². The molecule has 37 heavy (non-hydrogen) atoms. The number of nitrogens with one attached hydrogen (secondary N) is 2. The zero-order chi connectivity index (χ0) is 25.6. The van der Waals surface area contributed by atoms with Crippen LogP contribution in [0.1, 0.15) is 16.7 Å². The average Bonchev–Trinajstić information content (AvgIpc) is 3.30. The van der Waals surface area contributed by atoms with Crippen LogP contribution in [0.3, 0.4) is 0 Å². The van der Waals surface area contributed by atoms with Crippen molar-refractivity contribution in [2.75, 3.05) is 5.43 Å². The quantitative estimate of drug-likeness (QED) is 0.240. The number of ether oxygens (including phenoxy) is 1. The molecule has 0 spiro atoms. The number of hydrazone groups is 1. The fourth-order valence-electron chi connectivity index (χ4n) is 3.98. The molecule has 0 atom stereocenters. The van der Waals surface area contributed by atoms with Crippen molar-refractivity contribution in [3.63, 3.8) is 0 Å². The Labute approximate surface area is 212 Å². The average molecular weight is 495 g/mol. The Hall–Kier alpha value is -4.92. The van der Waals surface area contributed by atoms with Gasteiger partial charge in [0.1, 0.15) is 12.4 Å². The summed E-state index contributed by atoms with van der Waals surface area (Å²) in [5.41, 5.74) is 5.63. The van der Waals surface area contributed by atoms with Crippen LogP contribution in [0.15, 0.2) is 99.6 Å². The number of anilines is 1. The van der Waals surface area contributed by atoms with Crippen LogP contribution in [0.5, 0.6) is 5.75 Å². The molecule has 0 fully saturated rings. The van der Waals surface area contributed by atoms with Gasteiger partial charge in [0.2, 0.25) is 5.95 Å². The van der Waals surface area contributed by atoms with E-state index in [0.29, 0.717) is 36.7 Å². The topological polar surface area (TPSA) is 106 Å². The number of H-pyrrole nitrogens is 1. The lowest BCUT2D eigenvalue weighted by atomic mass is 10.1. The van der Waals surface area contributed by atoms with Crippen LogP contribution in [-0.2, 0) is 26.6 Å². The number of nitrogens with zero attached hydrogens (tertiary/aromatic N) is 4. The molecule has 9 heteroatoms.